The van der Waals surface area contributed by atoms with Crippen molar-refractivity contribution in [3.63, 3.8) is 0 Å². The predicted molar refractivity (Wildman–Crippen MR) is 105 cm³/mol. The van der Waals surface area contributed by atoms with E-state index >= 15 is 0 Å². The fourth-order valence-electron chi connectivity index (χ4n) is 2.81. The number of esters is 1. The van der Waals surface area contributed by atoms with Crippen molar-refractivity contribution in [1.29, 1.82) is 0 Å². The van der Waals surface area contributed by atoms with Crippen LogP contribution in [-0.2, 0) is 16.4 Å². The number of sulfonamides is 1. The van der Waals surface area contributed by atoms with Gasteiger partial charge in [-0.2, -0.15) is 0 Å². The quantitative estimate of drug-likeness (QED) is 0.481. The van der Waals surface area contributed by atoms with Crippen molar-refractivity contribution in [3.05, 3.63) is 59.9 Å². The van der Waals surface area contributed by atoms with Gasteiger partial charge in [0.1, 0.15) is 22.7 Å². The first kappa shape index (κ1) is 19.0. The summed E-state index contributed by atoms with van der Waals surface area (Å²) >= 11 is 0. The van der Waals surface area contributed by atoms with Crippen LogP contribution in [0.15, 0.2) is 52.9 Å². The molecule has 0 fully saturated rings. The van der Waals surface area contributed by atoms with Crippen LogP contribution in [0.2, 0.25) is 0 Å². The van der Waals surface area contributed by atoms with Gasteiger partial charge in [0.25, 0.3) is 0 Å². The van der Waals surface area contributed by atoms with Gasteiger partial charge in [-0.1, -0.05) is 31.5 Å². The van der Waals surface area contributed by atoms with Gasteiger partial charge in [0.05, 0.1) is 6.26 Å². The molecule has 3 rings (SSSR count). The fraction of sp³-hybridized carbons (Fsp3) is 0.250. The number of hydrogen-bond donors (Lipinski definition) is 1. The first-order chi connectivity index (χ1) is 12.9. The summed E-state index contributed by atoms with van der Waals surface area (Å²) in [6, 6.07) is 13.6. The lowest BCUT2D eigenvalue weighted by atomic mass is 10.1. The second-order valence-electron chi connectivity index (χ2n) is 6.29. The zero-order valence-electron chi connectivity index (χ0n) is 15.2. The van der Waals surface area contributed by atoms with Gasteiger partial charge >= 0.3 is 5.97 Å². The Morgan fingerprint density at radius 3 is 2.56 bits per heavy atom. The lowest BCUT2D eigenvalue weighted by Gasteiger charge is -2.06. The second-order valence-corrected chi connectivity index (χ2v) is 8.04. The molecule has 0 aliphatic carbocycles. The first-order valence-corrected chi connectivity index (χ1v) is 10.6. The molecular weight excluding hydrogens is 366 g/mol. The van der Waals surface area contributed by atoms with Crippen LogP contribution in [0.5, 0.6) is 5.75 Å². The van der Waals surface area contributed by atoms with Crippen LogP contribution in [-0.4, -0.2) is 20.6 Å². The van der Waals surface area contributed by atoms with Gasteiger partial charge in [0.15, 0.2) is 0 Å². The molecule has 3 aromatic rings. The van der Waals surface area contributed by atoms with E-state index in [1.807, 2.05) is 6.07 Å². The van der Waals surface area contributed by atoms with Crippen molar-refractivity contribution in [2.45, 2.75) is 26.2 Å². The smallest absolute Gasteiger partial charge is 0.347 e. The minimum atomic E-state index is -3.43. The zero-order chi connectivity index (χ0) is 19.4. The third-order valence-electron chi connectivity index (χ3n) is 3.98. The van der Waals surface area contributed by atoms with Crippen molar-refractivity contribution < 1.29 is 22.4 Å². The Morgan fingerprint density at radius 2 is 1.89 bits per heavy atom. The summed E-state index contributed by atoms with van der Waals surface area (Å²) in [5, 5.41) is 0.524. The number of unbranched alkanes of at least 4 members (excludes halogenated alkanes) is 1. The Bertz CT molecular complexity index is 1050. The Balaban J connectivity index is 2.05. The lowest BCUT2D eigenvalue weighted by molar-refractivity contribution is 0.0734. The molecular formula is C20H21NO5S. The van der Waals surface area contributed by atoms with Crippen molar-refractivity contribution in [2.75, 3.05) is 11.0 Å². The molecule has 1 aromatic heterocycles. The molecule has 6 nitrogen and oxygen atoms in total. The van der Waals surface area contributed by atoms with E-state index in [-0.39, 0.29) is 0 Å². The third kappa shape index (κ3) is 4.68. The highest BCUT2D eigenvalue weighted by Crippen LogP contribution is 2.31. The molecule has 1 N–H and O–H groups in total. The summed E-state index contributed by atoms with van der Waals surface area (Å²) in [5.41, 5.74) is 1.21. The van der Waals surface area contributed by atoms with E-state index in [1.54, 1.807) is 42.5 Å². The summed E-state index contributed by atoms with van der Waals surface area (Å²) in [7, 11) is -3.43. The van der Waals surface area contributed by atoms with Crippen LogP contribution < -0.4 is 9.46 Å². The number of anilines is 1. The van der Waals surface area contributed by atoms with Crippen molar-refractivity contribution in [1.82, 2.24) is 0 Å². The highest BCUT2D eigenvalue weighted by atomic mass is 32.2. The summed E-state index contributed by atoms with van der Waals surface area (Å²) in [4.78, 5) is 12.8. The minimum absolute atomic E-state index is 0.333. The van der Waals surface area contributed by atoms with Gasteiger partial charge in [-0.05, 0) is 36.8 Å². The average Bonchev–Trinajstić information content (AvgIpc) is 2.97. The van der Waals surface area contributed by atoms with E-state index in [9.17, 15) is 13.2 Å². The standard InChI is InChI=1S/C20H21NO5S/c1-3-4-10-18-19(20(22)25-15-8-6-5-7-9-15)16-13-14(21-27(2,23)24)11-12-17(16)26-18/h5-9,11-13,21H,3-4,10H2,1-2H3. The monoisotopic (exact) mass is 387 g/mol. The minimum Gasteiger partial charge on any atom is -0.460 e. The molecule has 27 heavy (non-hydrogen) atoms. The Hall–Kier alpha value is -2.80. The van der Waals surface area contributed by atoms with Crippen molar-refractivity contribution in [3.8, 4) is 5.75 Å². The number of ether oxygens (including phenoxy) is 1. The molecule has 2 aromatic carbocycles. The molecule has 0 aliphatic heterocycles. The molecule has 1 heterocycles. The Morgan fingerprint density at radius 1 is 1.15 bits per heavy atom. The van der Waals surface area contributed by atoms with E-state index in [0.29, 0.717) is 40.2 Å². The number of para-hydroxylation sites is 1. The number of furan rings is 1. The largest absolute Gasteiger partial charge is 0.460 e. The molecule has 0 radical (unpaired) electrons. The lowest BCUT2D eigenvalue weighted by Crippen LogP contribution is -2.11. The molecule has 0 unspecified atom stereocenters. The molecule has 0 spiro atoms. The first-order valence-electron chi connectivity index (χ1n) is 8.68. The summed E-state index contributed by atoms with van der Waals surface area (Å²) in [6.07, 6.45) is 3.48. The van der Waals surface area contributed by atoms with Gasteiger partial charge in [0.2, 0.25) is 10.0 Å². The van der Waals surface area contributed by atoms with Gasteiger partial charge in [-0.15, -0.1) is 0 Å². The molecule has 0 atom stereocenters. The van der Waals surface area contributed by atoms with Crippen LogP contribution in [0.1, 0.15) is 35.9 Å². The van der Waals surface area contributed by atoms with E-state index in [1.165, 1.54) is 0 Å². The number of carbonyl (C=O) groups is 1. The number of nitrogens with one attached hydrogen (secondary N) is 1. The van der Waals surface area contributed by atoms with Crippen molar-refractivity contribution >= 4 is 32.6 Å². The molecule has 0 saturated heterocycles. The summed E-state index contributed by atoms with van der Waals surface area (Å²) in [5.74, 6) is 0.454. The van der Waals surface area contributed by atoms with Gasteiger partial charge in [0, 0.05) is 17.5 Å². The van der Waals surface area contributed by atoms with Crippen LogP contribution in [0, 0.1) is 0 Å². The van der Waals surface area contributed by atoms with Crippen LogP contribution in [0.3, 0.4) is 0 Å². The molecule has 0 amide bonds. The topological polar surface area (TPSA) is 85.6 Å². The van der Waals surface area contributed by atoms with Crippen LogP contribution in [0.25, 0.3) is 11.0 Å². The molecule has 7 heteroatoms. The molecule has 0 saturated carbocycles. The van der Waals surface area contributed by atoms with E-state index in [0.717, 1.165) is 19.1 Å². The zero-order valence-corrected chi connectivity index (χ0v) is 16.0. The number of fused-ring (bicyclic) bond motifs is 1. The normalized spacial score (nSPS) is 11.5. The number of hydrogen-bond acceptors (Lipinski definition) is 5. The second kappa shape index (κ2) is 7.84. The van der Waals surface area contributed by atoms with Gasteiger partial charge < -0.3 is 9.15 Å². The van der Waals surface area contributed by atoms with E-state index in [2.05, 4.69) is 11.6 Å². The summed E-state index contributed by atoms with van der Waals surface area (Å²) in [6.45, 7) is 2.05. The van der Waals surface area contributed by atoms with Crippen LogP contribution >= 0.6 is 0 Å². The average molecular weight is 387 g/mol. The number of aryl methyl sites for hydroxylation is 1. The highest BCUT2D eigenvalue weighted by Gasteiger charge is 2.23. The van der Waals surface area contributed by atoms with Crippen LogP contribution in [0.4, 0.5) is 5.69 Å². The molecule has 0 bridgehead atoms. The molecule has 142 valence electrons. The van der Waals surface area contributed by atoms with E-state index < -0.39 is 16.0 Å². The summed E-state index contributed by atoms with van der Waals surface area (Å²) < 4.78 is 36.8. The van der Waals surface area contributed by atoms with Gasteiger partial charge in [-0.25, -0.2) is 13.2 Å². The maximum atomic E-state index is 12.8. The Labute approximate surface area is 158 Å². The Kier molecular flexibility index (Phi) is 5.51. The highest BCUT2D eigenvalue weighted by molar-refractivity contribution is 7.92. The SMILES string of the molecule is CCCCc1oc2ccc(NS(C)(=O)=O)cc2c1C(=O)Oc1ccccc1. The van der Waals surface area contributed by atoms with E-state index in [4.69, 9.17) is 9.15 Å². The van der Waals surface area contributed by atoms with Gasteiger partial charge in [-0.3, -0.25) is 4.72 Å². The maximum Gasteiger partial charge on any atom is 0.347 e. The number of benzene rings is 2. The third-order valence-corrected chi connectivity index (χ3v) is 4.59. The van der Waals surface area contributed by atoms with Crippen molar-refractivity contribution in [2.24, 2.45) is 0 Å². The predicted octanol–water partition coefficient (Wildman–Crippen LogP) is 4.37. The maximum absolute atomic E-state index is 12.8. The molecule has 0 aliphatic rings. The number of carbonyl (C=O) groups excluding carboxylic acids is 1. The fourth-order valence-corrected chi connectivity index (χ4v) is 3.36. The number of rotatable bonds is 7.